The van der Waals surface area contributed by atoms with Crippen molar-refractivity contribution in [3.05, 3.63) is 75.9 Å². The van der Waals surface area contributed by atoms with Crippen LogP contribution in [0.2, 0.25) is 5.02 Å². The van der Waals surface area contributed by atoms with Crippen LogP contribution in [0.15, 0.2) is 53.1 Å². The van der Waals surface area contributed by atoms with Gasteiger partial charge in [-0.25, -0.2) is 8.42 Å². The molecule has 8 heteroatoms. The number of amides is 1. The molecule has 0 aliphatic carbocycles. The van der Waals surface area contributed by atoms with E-state index in [-0.39, 0.29) is 29.7 Å². The Balaban J connectivity index is 1.63. The summed E-state index contributed by atoms with van der Waals surface area (Å²) in [6.45, 7) is 4.30. The van der Waals surface area contributed by atoms with E-state index in [1.807, 2.05) is 44.2 Å². The zero-order valence-corrected chi connectivity index (χ0v) is 18.9. The Morgan fingerprint density at radius 3 is 2.52 bits per heavy atom. The van der Waals surface area contributed by atoms with Gasteiger partial charge in [-0.15, -0.1) is 0 Å². The second-order valence-electron chi connectivity index (χ2n) is 7.99. The number of aromatic nitrogens is 1. The molecule has 1 aliphatic rings. The predicted octanol–water partition coefficient (Wildman–Crippen LogP) is 4.44. The Kier molecular flexibility index (Phi) is 5.90. The van der Waals surface area contributed by atoms with Crippen LogP contribution in [0.5, 0.6) is 0 Å². The molecule has 0 radical (unpaired) electrons. The van der Waals surface area contributed by atoms with Crippen LogP contribution < -0.4 is 0 Å². The zero-order chi connectivity index (χ0) is 22.2. The summed E-state index contributed by atoms with van der Waals surface area (Å²) in [7, 11) is -3.16. The first-order valence-corrected chi connectivity index (χ1v) is 12.2. The fourth-order valence-corrected chi connectivity index (χ4v) is 5.59. The molecule has 1 unspecified atom stereocenters. The third kappa shape index (κ3) is 4.83. The highest BCUT2D eigenvalue weighted by Crippen LogP contribution is 2.26. The summed E-state index contributed by atoms with van der Waals surface area (Å²) in [5.74, 6) is 0.177. The largest absolute Gasteiger partial charge is 0.355 e. The molecule has 4 rings (SSSR count). The fraction of sp³-hybridized carbons (Fsp3) is 0.304. The average Bonchev–Trinajstić information content (AvgIpc) is 3.36. The van der Waals surface area contributed by atoms with Crippen molar-refractivity contribution in [2.75, 3.05) is 11.5 Å². The second-order valence-corrected chi connectivity index (χ2v) is 10.7. The molecule has 1 amide bonds. The van der Waals surface area contributed by atoms with Crippen molar-refractivity contribution in [3.8, 4) is 11.3 Å². The lowest BCUT2D eigenvalue weighted by Gasteiger charge is -2.27. The van der Waals surface area contributed by atoms with E-state index in [2.05, 4.69) is 5.16 Å². The molecule has 1 aromatic heterocycles. The summed E-state index contributed by atoms with van der Waals surface area (Å²) in [6.07, 6.45) is 0.406. The number of hydrogen-bond acceptors (Lipinski definition) is 5. The minimum atomic E-state index is -3.16. The molecule has 162 valence electrons. The predicted molar refractivity (Wildman–Crippen MR) is 120 cm³/mol. The van der Waals surface area contributed by atoms with Crippen LogP contribution in [-0.2, 0) is 16.4 Å². The van der Waals surface area contributed by atoms with E-state index in [9.17, 15) is 13.2 Å². The number of rotatable bonds is 5. The monoisotopic (exact) mass is 458 g/mol. The molecule has 2 heterocycles. The van der Waals surface area contributed by atoms with Crippen LogP contribution in [-0.4, -0.2) is 41.9 Å². The topological polar surface area (TPSA) is 80.5 Å². The zero-order valence-electron chi connectivity index (χ0n) is 17.3. The van der Waals surface area contributed by atoms with Gasteiger partial charge in [-0.05, 0) is 55.2 Å². The van der Waals surface area contributed by atoms with Gasteiger partial charge in [0.05, 0.1) is 11.5 Å². The molecule has 2 aromatic carbocycles. The molecular formula is C23H23ClN2O4S. The van der Waals surface area contributed by atoms with Gasteiger partial charge >= 0.3 is 0 Å². The number of carbonyl (C=O) groups is 1. The number of benzene rings is 2. The highest BCUT2D eigenvalue weighted by molar-refractivity contribution is 7.91. The van der Waals surface area contributed by atoms with E-state index in [0.29, 0.717) is 17.2 Å². The number of carbonyl (C=O) groups excluding carboxylic acids is 1. The molecule has 31 heavy (non-hydrogen) atoms. The van der Waals surface area contributed by atoms with Gasteiger partial charge in [-0.2, -0.15) is 0 Å². The lowest BCUT2D eigenvalue weighted by molar-refractivity contribution is 0.0670. The Labute approximate surface area is 186 Å². The maximum Gasteiger partial charge on any atom is 0.276 e. The highest BCUT2D eigenvalue weighted by atomic mass is 35.5. The van der Waals surface area contributed by atoms with Crippen molar-refractivity contribution in [2.45, 2.75) is 32.9 Å². The molecular weight excluding hydrogens is 436 g/mol. The van der Waals surface area contributed by atoms with E-state index >= 15 is 0 Å². The SMILES string of the molecule is Cc1ccc(-c2cc(C(=O)N(Cc3ccc(Cl)cc3)C3CCS(=O)(=O)C3)no2)cc1C. The van der Waals surface area contributed by atoms with Gasteiger partial charge in [-0.1, -0.05) is 41.0 Å². The molecule has 1 aliphatic heterocycles. The van der Waals surface area contributed by atoms with Crippen LogP contribution in [0, 0.1) is 13.8 Å². The minimum absolute atomic E-state index is 0.0474. The second kappa shape index (κ2) is 8.48. The molecule has 0 saturated carbocycles. The van der Waals surface area contributed by atoms with Crippen LogP contribution in [0.1, 0.15) is 33.6 Å². The number of hydrogen-bond donors (Lipinski definition) is 0. The Morgan fingerprint density at radius 2 is 1.87 bits per heavy atom. The van der Waals surface area contributed by atoms with Crippen molar-refractivity contribution in [1.29, 1.82) is 0 Å². The normalized spacial score (nSPS) is 17.6. The number of nitrogens with zero attached hydrogens (tertiary/aromatic N) is 2. The van der Waals surface area contributed by atoms with Crippen LogP contribution in [0.25, 0.3) is 11.3 Å². The van der Waals surface area contributed by atoms with E-state index in [0.717, 1.165) is 22.3 Å². The van der Waals surface area contributed by atoms with Gasteiger partial charge in [0.1, 0.15) is 0 Å². The summed E-state index contributed by atoms with van der Waals surface area (Å²) in [6, 6.07) is 14.3. The van der Waals surface area contributed by atoms with E-state index in [4.69, 9.17) is 16.1 Å². The number of sulfone groups is 1. The molecule has 3 aromatic rings. The molecule has 1 atom stereocenters. The molecule has 0 N–H and O–H groups in total. The minimum Gasteiger partial charge on any atom is -0.355 e. The van der Waals surface area contributed by atoms with E-state index in [1.165, 1.54) is 0 Å². The van der Waals surface area contributed by atoms with Crippen LogP contribution in [0.4, 0.5) is 0 Å². The van der Waals surface area contributed by atoms with Gasteiger partial charge in [0.25, 0.3) is 5.91 Å². The van der Waals surface area contributed by atoms with Gasteiger partial charge in [-0.3, -0.25) is 4.79 Å². The third-order valence-corrected chi connectivity index (χ3v) is 7.70. The van der Waals surface area contributed by atoms with Crippen molar-refractivity contribution < 1.29 is 17.7 Å². The maximum absolute atomic E-state index is 13.4. The summed E-state index contributed by atoms with van der Waals surface area (Å²) in [4.78, 5) is 14.9. The van der Waals surface area contributed by atoms with Crippen molar-refractivity contribution >= 4 is 27.3 Å². The maximum atomic E-state index is 13.4. The van der Waals surface area contributed by atoms with Gasteiger partial charge < -0.3 is 9.42 Å². The number of aryl methyl sites for hydroxylation is 2. The lowest BCUT2D eigenvalue weighted by atomic mass is 10.0. The van der Waals surface area contributed by atoms with Crippen molar-refractivity contribution in [2.24, 2.45) is 0 Å². The molecule has 0 bridgehead atoms. The summed E-state index contributed by atoms with van der Waals surface area (Å²) >= 11 is 5.97. The summed E-state index contributed by atoms with van der Waals surface area (Å²) in [5.41, 5.74) is 4.13. The van der Waals surface area contributed by atoms with Gasteiger partial charge in [0.2, 0.25) is 0 Å². The molecule has 0 spiro atoms. The van der Waals surface area contributed by atoms with Crippen molar-refractivity contribution in [3.63, 3.8) is 0 Å². The van der Waals surface area contributed by atoms with Gasteiger partial charge in [0, 0.05) is 29.2 Å². The lowest BCUT2D eigenvalue weighted by Crippen LogP contribution is -2.40. The fourth-order valence-electron chi connectivity index (χ4n) is 3.73. The first-order chi connectivity index (χ1) is 14.7. The average molecular weight is 459 g/mol. The van der Waals surface area contributed by atoms with Crippen LogP contribution in [0.3, 0.4) is 0 Å². The highest BCUT2D eigenvalue weighted by Gasteiger charge is 2.36. The van der Waals surface area contributed by atoms with E-state index < -0.39 is 15.9 Å². The third-order valence-electron chi connectivity index (χ3n) is 5.70. The Bertz CT molecular complexity index is 1220. The molecule has 1 saturated heterocycles. The molecule has 1 fully saturated rings. The number of halogens is 1. The first-order valence-electron chi connectivity index (χ1n) is 10.0. The van der Waals surface area contributed by atoms with E-state index in [1.54, 1.807) is 23.1 Å². The molecule has 6 nitrogen and oxygen atoms in total. The van der Waals surface area contributed by atoms with Crippen molar-refractivity contribution in [1.82, 2.24) is 10.1 Å². The van der Waals surface area contributed by atoms with Gasteiger partial charge in [0.15, 0.2) is 21.3 Å². The quantitative estimate of drug-likeness (QED) is 0.564. The Hall–Kier alpha value is -2.64. The summed E-state index contributed by atoms with van der Waals surface area (Å²) in [5, 5.41) is 4.59. The standard InChI is InChI=1S/C23H23ClN2O4S/c1-15-3-6-18(11-16(15)2)22-12-21(25-30-22)23(27)26(20-9-10-31(28,29)14-20)13-17-4-7-19(24)8-5-17/h3-8,11-12,20H,9-10,13-14H2,1-2H3. The summed E-state index contributed by atoms with van der Waals surface area (Å²) < 4.78 is 29.6. The Morgan fingerprint density at radius 1 is 1.13 bits per heavy atom. The smallest absolute Gasteiger partial charge is 0.276 e. The van der Waals surface area contributed by atoms with Crippen LogP contribution >= 0.6 is 11.6 Å². The first kappa shape index (κ1) is 21.6.